The van der Waals surface area contributed by atoms with Gasteiger partial charge >= 0.3 is 0 Å². The minimum absolute atomic E-state index is 0.0285. The van der Waals surface area contributed by atoms with Crippen molar-refractivity contribution in [3.05, 3.63) is 0 Å². The van der Waals surface area contributed by atoms with Gasteiger partial charge in [0.2, 0.25) is 11.8 Å². The monoisotopic (exact) mass is 306 g/mol. The zero-order valence-corrected chi connectivity index (χ0v) is 13.9. The average molecular weight is 306 g/mol. The number of carbonyl (C=O) groups is 2. The Balaban J connectivity index is 1.44. The third-order valence-corrected chi connectivity index (χ3v) is 5.74. The molecule has 4 nitrogen and oxygen atoms in total. The summed E-state index contributed by atoms with van der Waals surface area (Å²) in [7, 11) is 0. The summed E-state index contributed by atoms with van der Waals surface area (Å²) in [6, 6.07) is 0.349. The molecule has 0 radical (unpaired) electrons. The van der Waals surface area contributed by atoms with Gasteiger partial charge in [-0.05, 0) is 38.0 Å². The smallest absolute Gasteiger partial charge is 0.226 e. The molecule has 1 N–H and O–H groups in total. The number of nitrogens with zero attached hydrogens (tertiary/aromatic N) is 1. The van der Waals surface area contributed by atoms with Crippen LogP contribution < -0.4 is 5.32 Å². The number of hydrogen-bond acceptors (Lipinski definition) is 2. The van der Waals surface area contributed by atoms with E-state index in [0.717, 1.165) is 51.1 Å². The molecular weight excluding hydrogens is 276 g/mol. The Morgan fingerprint density at radius 2 is 1.55 bits per heavy atom. The third kappa shape index (κ3) is 3.82. The largest absolute Gasteiger partial charge is 0.353 e. The molecule has 124 valence electrons. The minimum Gasteiger partial charge on any atom is -0.353 e. The number of carbonyl (C=O) groups excluding carboxylic acids is 2. The van der Waals surface area contributed by atoms with Gasteiger partial charge in [0.15, 0.2) is 0 Å². The van der Waals surface area contributed by atoms with Crippen molar-refractivity contribution < 1.29 is 9.59 Å². The van der Waals surface area contributed by atoms with Crippen LogP contribution in [0.25, 0.3) is 0 Å². The van der Waals surface area contributed by atoms with Gasteiger partial charge in [0.25, 0.3) is 0 Å². The number of hydrogen-bond donors (Lipinski definition) is 1. The van der Waals surface area contributed by atoms with Crippen molar-refractivity contribution in [2.75, 3.05) is 13.1 Å². The zero-order chi connectivity index (χ0) is 15.5. The van der Waals surface area contributed by atoms with Gasteiger partial charge in [-0.25, -0.2) is 0 Å². The molecule has 0 aromatic carbocycles. The van der Waals surface area contributed by atoms with Gasteiger partial charge in [0, 0.05) is 19.1 Å². The Bertz CT molecular complexity index is 407. The molecule has 4 heteroatoms. The van der Waals surface area contributed by atoms with Crippen molar-refractivity contribution in [3.63, 3.8) is 0 Å². The first-order valence-corrected chi connectivity index (χ1v) is 9.24. The van der Waals surface area contributed by atoms with E-state index in [1.807, 2.05) is 4.90 Å². The summed E-state index contributed by atoms with van der Waals surface area (Å²) >= 11 is 0. The van der Waals surface area contributed by atoms with E-state index < -0.39 is 0 Å². The highest BCUT2D eigenvalue weighted by molar-refractivity contribution is 5.92. The van der Waals surface area contributed by atoms with Crippen molar-refractivity contribution in [1.82, 2.24) is 10.2 Å². The lowest BCUT2D eigenvalue weighted by Gasteiger charge is -2.30. The Labute approximate surface area is 134 Å². The predicted octanol–water partition coefficient (Wildman–Crippen LogP) is 2.72. The van der Waals surface area contributed by atoms with E-state index >= 15 is 0 Å². The van der Waals surface area contributed by atoms with Crippen LogP contribution in [0.4, 0.5) is 0 Å². The van der Waals surface area contributed by atoms with E-state index in [0.29, 0.717) is 6.04 Å². The fraction of sp³-hybridized carbons (Fsp3) is 0.889. The molecule has 1 aliphatic heterocycles. The van der Waals surface area contributed by atoms with Crippen LogP contribution in [0.3, 0.4) is 0 Å². The highest BCUT2D eigenvalue weighted by Crippen LogP contribution is 2.41. The van der Waals surface area contributed by atoms with Gasteiger partial charge in [-0.3, -0.25) is 9.59 Å². The van der Waals surface area contributed by atoms with Crippen molar-refractivity contribution in [3.8, 4) is 0 Å². The fourth-order valence-electron chi connectivity index (χ4n) is 3.95. The summed E-state index contributed by atoms with van der Waals surface area (Å²) in [5, 5.41) is 3.21. The number of likely N-dealkylation sites (tertiary alicyclic amines) is 1. The van der Waals surface area contributed by atoms with E-state index in [-0.39, 0.29) is 23.7 Å². The molecule has 1 heterocycles. The first-order valence-electron chi connectivity index (χ1n) is 9.24. The quantitative estimate of drug-likeness (QED) is 0.815. The number of rotatable bonds is 3. The van der Waals surface area contributed by atoms with Gasteiger partial charge < -0.3 is 10.2 Å². The topological polar surface area (TPSA) is 49.4 Å². The van der Waals surface area contributed by atoms with Crippen LogP contribution in [-0.2, 0) is 9.59 Å². The molecule has 2 unspecified atom stereocenters. The van der Waals surface area contributed by atoms with Crippen LogP contribution in [0.5, 0.6) is 0 Å². The number of amides is 2. The van der Waals surface area contributed by atoms with E-state index in [9.17, 15) is 9.59 Å². The molecular formula is C18H30N2O2. The van der Waals surface area contributed by atoms with Crippen LogP contribution in [0.15, 0.2) is 0 Å². The maximum absolute atomic E-state index is 12.5. The van der Waals surface area contributed by atoms with Crippen LogP contribution in [-0.4, -0.2) is 35.8 Å². The maximum atomic E-state index is 12.5. The predicted molar refractivity (Wildman–Crippen MR) is 86.2 cm³/mol. The van der Waals surface area contributed by atoms with Crippen LogP contribution >= 0.6 is 0 Å². The summed E-state index contributed by atoms with van der Waals surface area (Å²) in [5.74, 6) is 1.02. The Kier molecular flexibility index (Phi) is 5.04. The molecule has 2 aliphatic carbocycles. The molecule has 2 saturated carbocycles. The van der Waals surface area contributed by atoms with Crippen LogP contribution in [0.1, 0.15) is 64.7 Å². The van der Waals surface area contributed by atoms with Gasteiger partial charge in [-0.1, -0.05) is 32.6 Å². The lowest BCUT2D eigenvalue weighted by molar-refractivity contribution is -0.136. The maximum Gasteiger partial charge on any atom is 0.226 e. The van der Waals surface area contributed by atoms with Crippen molar-refractivity contribution in [1.29, 1.82) is 0 Å². The van der Waals surface area contributed by atoms with E-state index in [1.165, 1.54) is 25.7 Å². The van der Waals surface area contributed by atoms with Gasteiger partial charge in [-0.2, -0.15) is 0 Å². The minimum atomic E-state index is -0.0462. The van der Waals surface area contributed by atoms with Gasteiger partial charge in [-0.15, -0.1) is 0 Å². The lowest BCUT2D eigenvalue weighted by atomic mass is 9.99. The second-order valence-electron chi connectivity index (χ2n) is 7.65. The van der Waals surface area contributed by atoms with E-state index in [1.54, 1.807) is 0 Å². The summed E-state index contributed by atoms with van der Waals surface area (Å²) in [6.45, 7) is 4.02. The second kappa shape index (κ2) is 7.01. The van der Waals surface area contributed by atoms with E-state index in [2.05, 4.69) is 12.2 Å². The first kappa shape index (κ1) is 15.8. The normalized spacial score (nSPS) is 30.7. The second-order valence-corrected chi connectivity index (χ2v) is 7.65. The zero-order valence-electron chi connectivity index (χ0n) is 13.9. The molecule has 3 fully saturated rings. The number of piperidine rings is 1. The molecule has 3 aliphatic rings. The highest BCUT2D eigenvalue weighted by atomic mass is 16.2. The summed E-state index contributed by atoms with van der Waals surface area (Å²) < 4.78 is 0. The van der Waals surface area contributed by atoms with Crippen LogP contribution in [0, 0.1) is 17.8 Å². The summed E-state index contributed by atoms with van der Waals surface area (Å²) in [5.41, 5.74) is 0. The standard InChI is InChI=1S/C18H30N2O2/c1-13-8-10-20(11-9-13)18(22)16-12-15(16)17(21)19-14-6-4-2-3-5-7-14/h13-16H,2-12H2,1H3,(H,19,21). The van der Waals surface area contributed by atoms with Crippen molar-refractivity contribution in [2.24, 2.45) is 17.8 Å². The van der Waals surface area contributed by atoms with Crippen LogP contribution in [0.2, 0.25) is 0 Å². The number of nitrogens with one attached hydrogen (secondary N) is 1. The molecule has 22 heavy (non-hydrogen) atoms. The van der Waals surface area contributed by atoms with Gasteiger partial charge in [0.1, 0.15) is 0 Å². The van der Waals surface area contributed by atoms with Gasteiger partial charge in [0.05, 0.1) is 11.8 Å². The van der Waals surface area contributed by atoms with E-state index in [4.69, 9.17) is 0 Å². The molecule has 3 rings (SSSR count). The SMILES string of the molecule is CC1CCN(C(=O)C2CC2C(=O)NC2CCCCCC2)CC1. The molecule has 2 amide bonds. The summed E-state index contributed by atoms with van der Waals surface area (Å²) in [6.07, 6.45) is 10.3. The Hall–Kier alpha value is -1.06. The first-order chi connectivity index (χ1) is 10.6. The highest BCUT2D eigenvalue weighted by Gasteiger charge is 2.49. The fourth-order valence-corrected chi connectivity index (χ4v) is 3.95. The molecule has 1 saturated heterocycles. The molecule has 2 atom stereocenters. The molecule has 0 aromatic rings. The van der Waals surface area contributed by atoms with Crippen molar-refractivity contribution >= 4 is 11.8 Å². The lowest BCUT2D eigenvalue weighted by Crippen LogP contribution is -2.40. The third-order valence-electron chi connectivity index (χ3n) is 5.74. The Morgan fingerprint density at radius 3 is 2.18 bits per heavy atom. The summed E-state index contributed by atoms with van der Waals surface area (Å²) in [4.78, 5) is 26.8. The molecule has 0 spiro atoms. The Morgan fingerprint density at radius 1 is 0.909 bits per heavy atom. The average Bonchev–Trinajstić information content (AvgIpc) is 3.32. The molecule has 0 aromatic heterocycles. The molecule has 0 bridgehead atoms. The van der Waals surface area contributed by atoms with Crippen molar-refractivity contribution in [2.45, 2.75) is 70.8 Å².